The van der Waals surface area contributed by atoms with Gasteiger partial charge in [0.1, 0.15) is 0 Å². The molecule has 0 nitrogen and oxygen atoms in total. The molecule has 0 fully saturated rings. The Bertz CT molecular complexity index is 807. The fourth-order valence-corrected chi connectivity index (χ4v) is 3.15. The molecule has 3 heteroatoms. The number of allylic oxidation sites excluding steroid dienone is 4. The predicted octanol–water partition coefficient (Wildman–Crippen LogP) is 8.20. The van der Waals surface area contributed by atoms with Gasteiger partial charge < -0.3 is 0 Å². The van der Waals surface area contributed by atoms with Crippen LogP contribution in [0.5, 0.6) is 0 Å². The van der Waals surface area contributed by atoms with E-state index in [2.05, 4.69) is 90.1 Å². The molecule has 0 spiro atoms. The van der Waals surface area contributed by atoms with Crippen molar-refractivity contribution in [2.24, 2.45) is 0 Å². The zero-order valence-corrected chi connectivity index (χ0v) is 23.1. The SMILES string of the molecule is CC(C)c1c[c-]c2c(c1)-c1cc(C(C)C)ccc1C2.C[C](C)=[Zr+2].Cl.Cl.[C-]1=CC=CC1. The van der Waals surface area contributed by atoms with Crippen LogP contribution in [0, 0.1) is 12.1 Å². The topological polar surface area (TPSA) is 0 Å². The average molecular weight is 521 g/mol. The summed E-state index contributed by atoms with van der Waals surface area (Å²) in [5.74, 6) is 1.16. The Balaban J connectivity index is 0.000000645. The number of benzene rings is 2. The van der Waals surface area contributed by atoms with Crippen molar-refractivity contribution < 1.29 is 24.2 Å². The van der Waals surface area contributed by atoms with Crippen molar-refractivity contribution >= 4 is 28.0 Å². The Kier molecular flexibility index (Phi) is 14.0. The van der Waals surface area contributed by atoms with Gasteiger partial charge in [0.15, 0.2) is 0 Å². The van der Waals surface area contributed by atoms with Crippen LogP contribution in [-0.2, 0) is 30.7 Å². The molecule has 0 unspecified atom stereocenters. The molecule has 0 atom stereocenters. The van der Waals surface area contributed by atoms with Gasteiger partial charge in [0, 0.05) is 0 Å². The number of hydrogen-bond acceptors (Lipinski definition) is 0. The fourth-order valence-electron chi connectivity index (χ4n) is 3.15. The van der Waals surface area contributed by atoms with Crippen molar-refractivity contribution in [3.63, 3.8) is 0 Å². The summed E-state index contributed by atoms with van der Waals surface area (Å²) in [6, 6.07) is 15.0. The minimum Gasteiger partial charge on any atom is -0.273 e. The Morgan fingerprint density at radius 3 is 2.00 bits per heavy atom. The Hall–Kier alpha value is -0.747. The molecule has 0 N–H and O–H groups in total. The minimum absolute atomic E-state index is 0. The maximum Gasteiger partial charge on any atom is -0.109 e. The first-order valence-corrected chi connectivity index (χ1v) is 11.4. The zero-order valence-electron chi connectivity index (χ0n) is 19.0. The Morgan fingerprint density at radius 2 is 1.53 bits per heavy atom. The molecule has 0 radical (unpaired) electrons. The summed E-state index contributed by atoms with van der Waals surface area (Å²) in [5, 5.41) is 0. The molecular weight excluding hydrogens is 486 g/mol. The first-order chi connectivity index (χ1) is 13.3. The number of hydrogen-bond donors (Lipinski definition) is 0. The van der Waals surface area contributed by atoms with Gasteiger partial charge in [0.2, 0.25) is 0 Å². The maximum absolute atomic E-state index is 3.49. The molecular formula is C27H34Cl2Zr. The second kappa shape index (κ2) is 14.3. The molecule has 0 saturated carbocycles. The summed E-state index contributed by atoms with van der Waals surface area (Å²) in [4.78, 5) is 0. The van der Waals surface area contributed by atoms with Crippen molar-refractivity contribution in [2.45, 2.75) is 66.2 Å². The van der Waals surface area contributed by atoms with Crippen LogP contribution in [0.2, 0.25) is 0 Å². The van der Waals surface area contributed by atoms with Gasteiger partial charge in [-0.1, -0.05) is 62.9 Å². The maximum atomic E-state index is 3.49. The van der Waals surface area contributed by atoms with Crippen LogP contribution in [0.25, 0.3) is 11.1 Å². The molecule has 0 amide bonds. The molecule has 2 aliphatic rings. The van der Waals surface area contributed by atoms with Crippen LogP contribution >= 0.6 is 24.8 Å². The summed E-state index contributed by atoms with van der Waals surface area (Å²) >= 11 is 1.55. The van der Waals surface area contributed by atoms with Crippen molar-refractivity contribution in [2.75, 3.05) is 0 Å². The van der Waals surface area contributed by atoms with Crippen molar-refractivity contribution in [1.82, 2.24) is 0 Å². The van der Waals surface area contributed by atoms with Crippen molar-refractivity contribution in [1.29, 1.82) is 0 Å². The Labute approximate surface area is 211 Å². The molecule has 0 saturated heterocycles. The third-order valence-corrected chi connectivity index (χ3v) is 4.76. The van der Waals surface area contributed by atoms with Gasteiger partial charge in [0.25, 0.3) is 0 Å². The molecule has 0 heterocycles. The molecule has 0 bridgehead atoms. The summed E-state index contributed by atoms with van der Waals surface area (Å²) < 4.78 is 1.51. The van der Waals surface area contributed by atoms with Crippen LogP contribution in [0.3, 0.4) is 0 Å². The normalized spacial score (nSPS) is 12.1. The quantitative estimate of drug-likeness (QED) is 0.299. The van der Waals surface area contributed by atoms with E-state index in [1.165, 1.54) is 36.6 Å². The first-order valence-electron chi connectivity index (χ1n) is 10.2. The van der Waals surface area contributed by atoms with Crippen LogP contribution in [0.1, 0.15) is 82.1 Å². The standard InChI is InChI=1S/C19H21.C5H5.C3H6.2ClH.Zr/c1-12(2)14-5-7-16-9-17-8-6-15(13(3)4)11-19(17)18(16)10-14;1-2-4-5-3-1;1-3-2;;;/h5-7,10-13H,9H2,1-4H3;1-3H,4H2;1-2H3;2*1H;/q2*-1;;;;+2. The molecule has 0 aliphatic heterocycles. The van der Waals surface area contributed by atoms with Gasteiger partial charge in [0.05, 0.1) is 0 Å². The molecule has 4 rings (SSSR count). The van der Waals surface area contributed by atoms with Gasteiger partial charge >= 0.3 is 41.3 Å². The van der Waals surface area contributed by atoms with E-state index in [-0.39, 0.29) is 24.8 Å². The molecule has 2 aromatic rings. The Morgan fingerprint density at radius 1 is 0.933 bits per heavy atom. The fraction of sp³-hybridized carbons (Fsp3) is 0.370. The van der Waals surface area contributed by atoms with Gasteiger partial charge in [-0.3, -0.25) is 6.08 Å². The molecule has 160 valence electrons. The number of halogens is 2. The summed E-state index contributed by atoms with van der Waals surface area (Å²) in [5.41, 5.74) is 8.48. The van der Waals surface area contributed by atoms with E-state index in [1.54, 1.807) is 24.2 Å². The van der Waals surface area contributed by atoms with E-state index in [0.717, 1.165) is 12.8 Å². The van der Waals surface area contributed by atoms with E-state index < -0.39 is 0 Å². The van der Waals surface area contributed by atoms with Crippen LogP contribution in [0.15, 0.2) is 48.6 Å². The average Bonchev–Trinajstić information content (AvgIpc) is 3.31. The number of fused-ring (bicyclic) bond motifs is 3. The van der Waals surface area contributed by atoms with Gasteiger partial charge in [-0.2, -0.15) is 35.4 Å². The summed E-state index contributed by atoms with van der Waals surface area (Å²) in [6.45, 7) is 13.3. The van der Waals surface area contributed by atoms with E-state index >= 15 is 0 Å². The van der Waals surface area contributed by atoms with Gasteiger partial charge in [-0.05, 0) is 17.9 Å². The zero-order chi connectivity index (χ0) is 20.7. The summed E-state index contributed by atoms with van der Waals surface area (Å²) in [7, 11) is 0. The van der Waals surface area contributed by atoms with Crippen LogP contribution in [0.4, 0.5) is 0 Å². The second-order valence-electron chi connectivity index (χ2n) is 8.23. The smallest absolute Gasteiger partial charge is 0.109 e. The van der Waals surface area contributed by atoms with E-state index in [1.807, 2.05) is 12.2 Å². The van der Waals surface area contributed by atoms with E-state index in [4.69, 9.17) is 0 Å². The second-order valence-corrected chi connectivity index (χ2v) is 10.7. The van der Waals surface area contributed by atoms with Gasteiger partial charge in [-0.15, -0.1) is 36.8 Å². The minimum atomic E-state index is 0. The van der Waals surface area contributed by atoms with Crippen LogP contribution < -0.4 is 0 Å². The third kappa shape index (κ3) is 8.78. The predicted molar refractivity (Wildman–Crippen MR) is 134 cm³/mol. The molecule has 2 aromatic carbocycles. The molecule has 30 heavy (non-hydrogen) atoms. The van der Waals surface area contributed by atoms with Crippen LogP contribution in [-0.4, -0.2) is 3.21 Å². The largest absolute Gasteiger partial charge is 0.273 e. The third-order valence-electron chi connectivity index (χ3n) is 4.76. The van der Waals surface area contributed by atoms with E-state index in [9.17, 15) is 0 Å². The van der Waals surface area contributed by atoms with E-state index in [0.29, 0.717) is 11.8 Å². The van der Waals surface area contributed by atoms with Gasteiger partial charge in [-0.25, -0.2) is 12.2 Å². The summed E-state index contributed by atoms with van der Waals surface area (Å²) in [6.07, 6.45) is 11.0. The molecule has 2 aliphatic carbocycles. The first kappa shape index (κ1) is 29.3. The molecule has 0 aromatic heterocycles. The van der Waals surface area contributed by atoms with Crippen molar-refractivity contribution in [3.05, 3.63) is 83.0 Å². The monoisotopic (exact) mass is 518 g/mol. The number of rotatable bonds is 2. The van der Waals surface area contributed by atoms with Crippen molar-refractivity contribution in [3.8, 4) is 11.1 Å².